The summed E-state index contributed by atoms with van der Waals surface area (Å²) >= 11 is 0. The highest BCUT2D eigenvalue weighted by molar-refractivity contribution is 5.98. The molecule has 3 fully saturated rings. The fraction of sp³-hybridized carbons (Fsp3) is 0.644. The molecule has 0 bridgehead atoms. The molecule has 0 aromatic heterocycles. The predicted molar refractivity (Wildman–Crippen MR) is 237 cm³/mol. The third kappa shape index (κ3) is 13.9. The third-order valence-corrected chi connectivity index (χ3v) is 12.8. The van der Waals surface area contributed by atoms with E-state index < -0.39 is 114 Å². The Morgan fingerprint density at radius 2 is 1.20 bits per heavy atom. The van der Waals surface area contributed by atoms with Crippen LogP contribution in [0.5, 0.6) is 0 Å². The average Bonchev–Trinajstić information content (AvgIpc) is 4.09. The van der Waals surface area contributed by atoms with Gasteiger partial charge in [-0.15, -0.1) is 0 Å². The molecular formula is C45H67N9O12. The summed E-state index contributed by atoms with van der Waals surface area (Å²) in [6.45, 7) is 7.82. The number of carboxylic acids is 2. The average molecular weight is 926 g/mol. The van der Waals surface area contributed by atoms with E-state index in [9.17, 15) is 53.1 Å². The van der Waals surface area contributed by atoms with Crippen LogP contribution in [-0.4, -0.2) is 152 Å². The summed E-state index contributed by atoms with van der Waals surface area (Å²) < 4.78 is 0. The minimum atomic E-state index is -1.54. The number of nitrogens with one attached hydrogen (secondary N) is 4. The van der Waals surface area contributed by atoms with Crippen LogP contribution in [0.3, 0.4) is 0 Å². The molecule has 3 aliphatic heterocycles. The number of nitrogens with zero attached hydrogens (tertiary/aromatic N) is 3. The molecule has 364 valence electrons. The van der Waals surface area contributed by atoms with E-state index in [1.54, 1.807) is 44.2 Å². The zero-order valence-corrected chi connectivity index (χ0v) is 38.2. The van der Waals surface area contributed by atoms with Gasteiger partial charge >= 0.3 is 11.9 Å². The van der Waals surface area contributed by atoms with Crippen LogP contribution in [0.1, 0.15) is 104 Å². The number of hydrogen-bond donors (Lipinski definition) is 8. The molecule has 66 heavy (non-hydrogen) atoms. The fourth-order valence-corrected chi connectivity index (χ4v) is 8.64. The van der Waals surface area contributed by atoms with Gasteiger partial charge in [0.05, 0.1) is 6.04 Å². The van der Waals surface area contributed by atoms with Crippen molar-refractivity contribution in [3.8, 4) is 0 Å². The van der Waals surface area contributed by atoms with Crippen LogP contribution >= 0.6 is 0 Å². The minimum absolute atomic E-state index is 0.00307. The molecule has 4 rings (SSSR count). The van der Waals surface area contributed by atoms with Crippen LogP contribution in [0.2, 0.25) is 0 Å². The summed E-state index contributed by atoms with van der Waals surface area (Å²) in [6, 6.07) is -0.304. The van der Waals surface area contributed by atoms with E-state index in [2.05, 4.69) is 21.3 Å². The molecule has 3 aliphatic rings. The second-order valence-corrected chi connectivity index (χ2v) is 17.9. The molecule has 9 atom stereocenters. The molecule has 21 heteroatoms. The zero-order valence-electron chi connectivity index (χ0n) is 38.2. The van der Waals surface area contributed by atoms with Crippen LogP contribution in [0.4, 0.5) is 0 Å². The molecule has 3 saturated heterocycles. The summed E-state index contributed by atoms with van der Waals surface area (Å²) in [4.78, 5) is 137. The molecule has 21 nitrogen and oxygen atoms in total. The lowest BCUT2D eigenvalue weighted by atomic mass is 9.96. The topological polar surface area (TPSA) is 321 Å². The van der Waals surface area contributed by atoms with E-state index in [4.69, 9.17) is 16.6 Å². The summed E-state index contributed by atoms with van der Waals surface area (Å²) in [6.07, 6.45) is 1.15. The van der Waals surface area contributed by atoms with E-state index in [-0.39, 0.29) is 56.5 Å². The molecule has 8 amide bonds. The Hall–Kier alpha value is -6.12. The third-order valence-electron chi connectivity index (χ3n) is 12.8. The molecule has 0 aliphatic carbocycles. The number of primary amides is 1. The number of nitrogens with two attached hydrogens (primary N) is 2. The first-order chi connectivity index (χ1) is 31.2. The molecule has 0 radical (unpaired) electrons. The van der Waals surface area contributed by atoms with Crippen molar-refractivity contribution in [3.05, 3.63) is 35.9 Å². The predicted octanol–water partition coefficient (Wildman–Crippen LogP) is -0.614. The number of carbonyl (C=O) groups is 10. The molecule has 0 spiro atoms. The van der Waals surface area contributed by atoms with Gasteiger partial charge in [-0.2, -0.15) is 0 Å². The Kier molecular flexibility index (Phi) is 19.4. The van der Waals surface area contributed by atoms with Crippen LogP contribution < -0.4 is 32.7 Å². The van der Waals surface area contributed by atoms with Crippen LogP contribution in [-0.2, 0) is 54.4 Å². The van der Waals surface area contributed by atoms with Crippen molar-refractivity contribution in [2.45, 2.75) is 153 Å². The highest BCUT2D eigenvalue weighted by Gasteiger charge is 2.45. The number of likely N-dealkylation sites (tertiary alicyclic amines) is 3. The first-order valence-corrected chi connectivity index (χ1v) is 22.9. The van der Waals surface area contributed by atoms with Crippen LogP contribution in [0.15, 0.2) is 30.3 Å². The normalized spacial score (nSPS) is 20.9. The number of carboxylic acid groups (broad SMARTS) is 2. The van der Waals surface area contributed by atoms with Gasteiger partial charge in [0.2, 0.25) is 47.3 Å². The maximum absolute atomic E-state index is 14.4. The summed E-state index contributed by atoms with van der Waals surface area (Å²) in [5, 5.41) is 29.2. The van der Waals surface area contributed by atoms with E-state index in [0.717, 1.165) is 0 Å². The van der Waals surface area contributed by atoms with Gasteiger partial charge in [-0.1, -0.05) is 64.4 Å². The summed E-state index contributed by atoms with van der Waals surface area (Å²) in [5.74, 6) is -8.58. The summed E-state index contributed by atoms with van der Waals surface area (Å²) in [5.41, 5.74) is 12.3. The molecule has 1 aromatic carbocycles. The van der Waals surface area contributed by atoms with E-state index in [1.807, 2.05) is 13.8 Å². The SMILES string of the molecule is CC[C@H](C)[C@H](NC(=O)[C@H](Cc1ccccc1)NC(=O)[C@@H]1CCCN1C(=O)[C@@H]1CCCN1C(=O)[C@@H](N)C(C)C)C(=O)N[C@@H](CCC(N)=O)C(=O)N1CCC[C@H]1C(=O)N[C@@H](CCC(=O)O)C(=O)O. The first kappa shape index (κ1) is 52.5. The second kappa shape index (κ2) is 24.4. The molecule has 3 heterocycles. The van der Waals surface area contributed by atoms with Gasteiger partial charge < -0.3 is 57.6 Å². The number of amides is 8. The van der Waals surface area contributed by atoms with E-state index in [0.29, 0.717) is 50.6 Å². The van der Waals surface area contributed by atoms with Crippen molar-refractivity contribution in [2.24, 2.45) is 23.3 Å². The number of hydrogen-bond acceptors (Lipinski definition) is 11. The zero-order chi connectivity index (χ0) is 48.8. The van der Waals surface area contributed by atoms with Crippen molar-refractivity contribution >= 4 is 59.2 Å². The van der Waals surface area contributed by atoms with E-state index in [1.165, 1.54) is 14.7 Å². The van der Waals surface area contributed by atoms with Gasteiger partial charge in [0.1, 0.15) is 42.3 Å². The first-order valence-electron chi connectivity index (χ1n) is 22.9. The number of benzene rings is 1. The lowest BCUT2D eigenvalue weighted by Crippen LogP contribution is -2.61. The van der Waals surface area contributed by atoms with Crippen molar-refractivity contribution in [1.82, 2.24) is 36.0 Å². The Bertz CT molecular complexity index is 1950. The molecule has 10 N–H and O–H groups in total. The van der Waals surface area contributed by atoms with Crippen LogP contribution in [0.25, 0.3) is 0 Å². The second-order valence-electron chi connectivity index (χ2n) is 17.9. The fourth-order valence-electron chi connectivity index (χ4n) is 8.64. The van der Waals surface area contributed by atoms with Gasteiger partial charge in [-0.3, -0.25) is 43.2 Å². The molecule has 0 unspecified atom stereocenters. The van der Waals surface area contributed by atoms with Crippen LogP contribution in [0, 0.1) is 11.8 Å². The molecule has 1 aromatic rings. The number of aliphatic carboxylic acids is 2. The van der Waals surface area contributed by atoms with Gasteiger partial charge in [0.25, 0.3) is 0 Å². The highest BCUT2D eigenvalue weighted by atomic mass is 16.4. The standard InChI is InChI=1S/C45H67N9O12/c1-5-26(4)37(41(61)48-28(17-19-34(46)55)42(62)52-21-9-14-31(52)39(59)49-29(45(65)66)18-20-35(56)57)51-38(58)30(24-27-12-7-6-8-13-27)50-40(60)32-15-10-22-53(32)43(63)33-16-11-23-54(33)44(64)36(47)25(2)3/h6-8,12-13,25-26,28-33,36-37H,5,9-11,14-24,47H2,1-4H3,(H2,46,55)(H,48,61)(H,49,59)(H,50,60)(H,51,58)(H,56,57)(H,65,66)/t26-,28-,29-,30-,31-,32-,33-,36-,37-/m0/s1. The van der Waals surface area contributed by atoms with Crippen molar-refractivity contribution in [3.63, 3.8) is 0 Å². The summed E-state index contributed by atoms with van der Waals surface area (Å²) in [7, 11) is 0. The lowest BCUT2D eigenvalue weighted by Gasteiger charge is -2.33. The minimum Gasteiger partial charge on any atom is -0.481 e. The quantitative estimate of drug-likeness (QED) is 0.0680. The van der Waals surface area contributed by atoms with E-state index >= 15 is 0 Å². The Morgan fingerprint density at radius 3 is 1.74 bits per heavy atom. The smallest absolute Gasteiger partial charge is 0.326 e. The van der Waals surface area contributed by atoms with Gasteiger partial charge in [-0.05, 0) is 68.8 Å². The van der Waals surface area contributed by atoms with Crippen molar-refractivity contribution in [2.75, 3.05) is 19.6 Å². The monoisotopic (exact) mass is 925 g/mol. The Labute approximate surface area is 384 Å². The maximum Gasteiger partial charge on any atom is 0.326 e. The Morgan fingerprint density at radius 1 is 0.667 bits per heavy atom. The largest absolute Gasteiger partial charge is 0.481 e. The van der Waals surface area contributed by atoms with Crippen molar-refractivity contribution < 1.29 is 58.2 Å². The van der Waals surface area contributed by atoms with Crippen molar-refractivity contribution in [1.29, 1.82) is 0 Å². The van der Waals surface area contributed by atoms with Gasteiger partial charge in [0, 0.05) is 38.9 Å². The molecule has 0 saturated carbocycles. The molecular weight excluding hydrogens is 859 g/mol. The lowest BCUT2D eigenvalue weighted by molar-refractivity contribution is -0.147. The maximum atomic E-state index is 14.4. The van der Waals surface area contributed by atoms with Gasteiger partial charge in [-0.25, -0.2) is 4.79 Å². The highest BCUT2D eigenvalue weighted by Crippen LogP contribution is 2.27. The van der Waals surface area contributed by atoms with Gasteiger partial charge in [0.15, 0.2) is 0 Å². The number of rotatable bonds is 23. The Balaban J connectivity index is 1.54. The number of carbonyl (C=O) groups excluding carboxylic acids is 8.